The van der Waals surface area contributed by atoms with E-state index in [0.29, 0.717) is 6.42 Å². The third kappa shape index (κ3) is 2.87. The second-order valence-corrected chi connectivity index (χ2v) is 2.89. The molecule has 0 aliphatic carbocycles. The number of carboxylic acid groups (broad SMARTS) is 1. The van der Waals surface area contributed by atoms with E-state index in [9.17, 15) is 9.90 Å². The fraction of sp³-hybridized carbons (Fsp3) is 0.300. The summed E-state index contributed by atoms with van der Waals surface area (Å²) in [6.07, 6.45) is 0.319. The minimum Gasteiger partial charge on any atom is -0.550 e. The van der Waals surface area contributed by atoms with Crippen LogP contribution < -0.4 is 5.11 Å². The molecule has 1 rings (SSSR count). The molecule has 0 bridgehead atoms. The van der Waals surface area contributed by atoms with E-state index >= 15 is 0 Å². The predicted molar refractivity (Wildman–Crippen MR) is 45.7 cm³/mol. The Balaban J connectivity index is 2.62. The predicted octanol–water partition coefficient (Wildman–Crippen LogP) is -0.413. The number of hydrogen-bond acceptors (Lipinski definition) is 3. The van der Waals surface area contributed by atoms with Gasteiger partial charge in [-0.2, -0.15) is 0 Å². The average molecular weight is 179 g/mol. The topological polar surface area (TPSA) is 60.4 Å². The van der Waals surface area contributed by atoms with Gasteiger partial charge in [0.25, 0.3) is 0 Å². The number of hydrogen-bond donors (Lipinski definition) is 1. The van der Waals surface area contributed by atoms with E-state index in [1.807, 2.05) is 30.3 Å². The van der Waals surface area contributed by atoms with Crippen molar-refractivity contribution in [1.82, 2.24) is 0 Å². The quantitative estimate of drug-likeness (QED) is 0.683. The van der Waals surface area contributed by atoms with E-state index in [2.05, 4.69) is 0 Å². The van der Waals surface area contributed by atoms with Gasteiger partial charge in [0.2, 0.25) is 0 Å². The fourth-order valence-electron chi connectivity index (χ4n) is 1.12. The molecule has 1 atom stereocenters. The first kappa shape index (κ1) is 9.74. The number of carboxylic acids is 1. The Morgan fingerprint density at radius 1 is 1.38 bits per heavy atom. The van der Waals surface area contributed by atoms with Crippen LogP contribution in [0.15, 0.2) is 30.3 Å². The molecule has 0 aliphatic heterocycles. The summed E-state index contributed by atoms with van der Waals surface area (Å²) in [7, 11) is 0. The maximum atomic E-state index is 10.5. The van der Waals surface area contributed by atoms with Crippen LogP contribution in [0.4, 0.5) is 0 Å². The number of carbonyl (C=O) groups excluding carboxylic acids is 1. The molecule has 70 valence electrons. The Kier molecular flexibility index (Phi) is 3.46. The minimum absolute atomic E-state index is 0.319. The van der Waals surface area contributed by atoms with Crippen molar-refractivity contribution < 1.29 is 15.0 Å². The SMILES string of the molecule is O=C([O-])C(CO)Cc1ccccc1. The Labute approximate surface area is 76.6 Å². The van der Waals surface area contributed by atoms with Crippen LogP contribution in [0.1, 0.15) is 5.56 Å². The maximum Gasteiger partial charge on any atom is 0.0514 e. The normalized spacial score (nSPS) is 12.4. The number of aliphatic hydroxyl groups excluding tert-OH is 1. The molecule has 0 spiro atoms. The van der Waals surface area contributed by atoms with Crippen molar-refractivity contribution in [2.45, 2.75) is 6.42 Å². The van der Waals surface area contributed by atoms with E-state index in [1.54, 1.807) is 0 Å². The van der Waals surface area contributed by atoms with Gasteiger partial charge in [0.1, 0.15) is 0 Å². The number of aliphatic hydroxyl groups is 1. The Morgan fingerprint density at radius 2 is 2.00 bits per heavy atom. The molecular weight excluding hydrogens is 168 g/mol. The van der Waals surface area contributed by atoms with Gasteiger partial charge in [0.05, 0.1) is 6.61 Å². The lowest BCUT2D eigenvalue weighted by atomic mass is 10.0. The highest BCUT2D eigenvalue weighted by molar-refractivity contribution is 5.68. The van der Waals surface area contributed by atoms with Gasteiger partial charge in [0, 0.05) is 11.9 Å². The van der Waals surface area contributed by atoms with Crippen LogP contribution in [0, 0.1) is 5.92 Å². The van der Waals surface area contributed by atoms with Gasteiger partial charge in [-0.15, -0.1) is 0 Å². The van der Waals surface area contributed by atoms with E-state index in [4.69, 9.17) is 5.11 Å². The molecular formula is C10H11O3-. The monoisotopic (exact) mass is 179 g/mol. The molecule has 0 saturated carbocycles. The molecule has 1 aromatic rings. The number of rotatable bonds is 4. The molecule has 0 aliphatic rings. The number of carbonyl (C=O) groups is 1. The molecule has 0 amide bonds. The average Bonchev–Trinajstić information content (AvgIpc) is 2.15. The molecule has 0 heterocycles. The zero-order valence-electron chi connectivity index (χ0n) is 7.14. The molecule has 0 saturated heterocycles. The van der Waals surface area contributed by atoms with E-state index < -0.39 is 11.9 Å². The van der Waals surface area contributed by atoms with Crippen molar-refractivity contribution >= 4 is 5.97 Å². The molecule has 0 aromatic heterocycles. The summed E-state index contributed by atoms with van der Waals surface area (Å²) in [5.41, 5.74) is 0.894. The minimum atomic E-state index is -1.20. The van der Waals surface area contributed by atoms with Crippen molar-refractivity contribution in [2.24, 2.45) is 5.92 Å². The van der Waals surface area contributed by atoms with E-state index in [1.165, 1.54) is 0 Å². The van der Waals surface area contributed by atoms with E-state index in [0.717, 1.165) is 5.56 Å². The van der Waals surface area contributed by atoms with Gasteiger partial charge in [-0.05, 0) is 12.0 Å². The van der Waals surface area contributed by atoms with Crippen molar-refractivity contribution in [1.29, 1.82) is 0 Å². The van der Waals surface area contributed by atoms with Crippen LogP contribution in [0.3, 0.4) is 0 Å². The highest BCUT2D eigenvalue weighted by atomic mass is 16.4. The molecule has 3 nitrogen and oxygen atoms in total. The largest absolute Gasteiger partial charge is 0.550 e. The maximum absolute atomic E-state index is 10.5. The lowest BCUT2D eigenvalue weighted by Gasteiger charge is -2.14. The smallest absolute Gasteiger partial charge is 0.0514 e. The molecule has 1 N–H and O–H groups in total. The van der Waals surface area contributed by atoms with Crippen molar-refractivity contribution in [3.63, 3.8) is 0 Å². The second kappa shape index (κ2) is 4.62. The molecule has 1 aromatic carbocycles. The Hall–Kier alpha value is -1.35. The summed E-state index contributed by atoms with van der Waals surface area (Å²) < 4.78 is 0. The number of benzene rings is 1. The molecule has 0 fully saturated rings. The summed E-state index contributed by atoms with van der Waals surface area (Å²) in [6, 6.07) is 9.17. The lowest BCUT2D eigenvalue weighted by molar-refractivity contribution is -0.312. The van der Waals surface area contributed by atoms with Crippen LogP contribution in [0.2, 0.25) is 0 Å². The van der Waals surface area contributed by atoms with Gasteiger partial charge in [-0.25, -0.2) is 0 Å². The van der Waals surface area contributed by atoms with Crippen LogP contribution in [0.5, 0.6) is 0 Å². The van der Waals surface area contributed by atoms with Gasteiger partial charge in [-0.1, -0.05) is 30.3 Å². The first-order valence-electron chi connectivity index (χ1n) is 4.09. The third-order valence-corrected chi connectivity index (χ3v) is 1.88. The Bertz CT molecular complexity index is 269. The number of aliphatic carboxylic acids is 1. The zero-order chi connectivity index (χ0) is 9.68. The van der Waals surface area contributed by atoms with Gasteiger partial charge in [0.15, 0.2) is 0 Å². The first-order valence-corrected chi connectivity index (χ1v) is 4.09. The highest BCUT2D eigenvalue weighted by Gasteiger charge is 2.08. The first-order chi connectivity index (χ1) is 6.24. The van der Waals surface area contributed by atoms with Crippen molar-refractivity contribution in [3.05, 3.63) is 35.9 Å². The van der Waals surface area contributed by atoms with Gasteiger partial charge in [-0.3, -0.25) is 0 Å². The summed E-state index contributed by atoms with van der Waals surface area (Å²) in [4.78, 5) is 10.5. The summed E-state index contributed by atoms with van der Waals surface area (Å²) in [6.45, 7) is -0.378. The molecule has 3 heteroatoms. The molecule has 13 heavy (non-hydrogen) atoms. The lowest BCUT2D eigenvalue weighted by Crippen LogP contribution is -2.34. The van der Waals surface area contributed by atoms with Crippen LogP contribution in [0.25, 0.3) is 0 Å². The second-order valence-electron chi connectivity index (χ2n) is 2.89. The van der Waals surface area contributed by atoms with Crippen LogP contribution >= 0.6 is 0 Å². The summed E-state index contributed by atoms with van der Waals surface area (Å²) >= 11 is 0. The Morgan fingerprint density at radius 3 is 2.46 bits per heavy atom. The summed E-state index contributed by atoms with van der Waals surface area (Å²) in [5.74, 6) is -2.01. The van der Waals surface area contributed by atoms with Crippen molar-refractivity contribution in [2.75, 3.05) is 6.61 Å². The third-order valence-electron chi connectivity index (χ3n) is 1.88. The molecule has 1 unspecified atom stereocenters. The summed E-state index contributed by atoms with van der Waals surface area (Å²) in [5, 5.41) is 19.2. The standard InChI is InChI=1S/C10H12O3/c11-7-9(10(12)13)6-8-4-2-1-3-5-8/h1-5,9,11H,6-7H2,(H,12,13)/p-1. The van der Waals surface area contributed by atoms with Gasteiger partial charge >= 0.3 is 0 Å². The van der Waals surface area contributed by atoms with Gasteiger partial charge < -0.3 is 15.0 Å². The van der Waals surface area contributed by atoms with Crippen LogP contribution in [-0.4, -0.2) is 17.7 Å². The molecule has 0 radical (unpaired) electrons. The van der Waals surface area contributed by atoms with Crippen LogP contribution in [-0.2, 0) is 11.2 Å². The van der Waals surface area contributed by atoms with Crippen molar-refractivity contribution in [3.8, 4) is 0 Å². The zero-order valence-corrected chi connectivity index (χ0v) is 7.14. The fourth-order valence-corrected chi connectivity index (χ4v) is 1.12. The highest BCUT2D eigenvalue weighted by Crippen LogP contribution is 2.07. The van der Waals surface area contributed by atoms with E-state index in [-0.39, 0.29) is 6.61 Å².